The molecule has 0 atom stereocenters. The summed E-state index contributed by atoms with van der Waals surface area (Å²) in [4.78, 5) is 16.0. The van der Waals surface area contributed by atoms with Crippen molar-refractivity contribution in [2.45, 2.75) is 6.42 Å². The Labute approximate surface area is 135 Å². The normalized spacial score (nSPS) is 14.2. The number of halogens is 3. The molecular weight excluding hydrogens is 328 g/mol. The van der Waals surface area contributed by atoms with E-state index in [1.54, 1.807) is 6.07 Å². The molecule has 1 aliphatic rings. The predicted molar refractivity (Wildman–Crippen MR) is 80.8 cm³/mol. The van der Waals surface area contributed by atoms with E-state index >= 15 is 0 Å². The summed E-state index contributed by atoms with van der Waals surface area (Å²) in [6.45, 7) is 0. The zero-order chi connectivity index (χ0) is 16.6. The summed E-state index contributed by atoms with van der Waals surface area (Å²) >= 11 is 5.74. The van der Waals surface area contributed by atoms with Gasteiger partial charge in [-0.2, -0.15) is 10.1 Å². The van der Waals surface area contributed by atoms with Crippen molar-refractivity contribution in [2.75, 3.05) is 12.1 Å². The molecule has 2 heterocycles. The third kappa shape index (κ3) is 2.87. The van der Waals surface area contributed by atoms with Crippen molar-refractivity contribution in [3.63, 3.8) is 0 Å². The number of methoxy groups -OCH3 is 1. The molecule has 1 aromatic heterocycles. The lowest BCUT2D eigenvalue weighted by Gasteiger charge is -2.09. The van der Waals surface area contributed by atoms with Crippen molar-refractivity contribution in [2.24, 2.45) is 5.10 Å². The monoisotopic (exact) mass is 337 g/mol. The zero-order valence-electron chi connectivity index (χ0n) is 11.9. The Hall–Kier alpha value is -2.54. The molecule has 0 spiro atoms. The molecule has 118 valence electrons. The maximum Gasteiger partial charge on any atom is 0.254 e. The van der Waals surface area contributed by atoms with E-state index in [1.165, 1.54) is 19.4 Å². The molecule has 8 heteroatoms. The number of carbonyl (C=O) groups excluding carboxylic acids is 1. The fraction of sp³-hybridized carbons (Fsp3) is 0.133. The first-order valence-corrected chi connectivity index (χ1v) is 6.93. The fourth-order valence-corrected chi connectivity index (χ4v) is 2.30. The second-order valence-corrected chi connectivity index (χ2v) is 5.17. The summed E-state index contributed by atoms with van der Waals surface area (Å²) in [6.07, 6.45) is 1.12. The van der Waals surface area contributed by atoms with Crippen LogP contribution < -0.4 is 9.75 Å². The number of benzene rings is 1. The van der Waals surface area contributed by atoms with Crippen LogP contribution in [0.4, 0.5) is 14.6 Å². The maximum absolute atomic E-state index is 14.1. The molecule has 0 saturated heterocycles. The molecule has 3 rings (SSSR count). The quantitative estimate of drug-likeness (QED) is 0.864. The molecule has 5 nitrogen and oxygen atoms in total. The highest BCUT2D eigenvalue weighted by Crippen LogP contribution is 2.27. The Morgan fingerprint density at radius 3 is 2.52 bits per heavy atom. The summed E-state index contributed by atoms with van der Waals surface area (Å²) in [6, 6.07) is 5.11. The predicted octanol–water partition coefficient (Wildman–Crippen LogP) is 3.16. The van der Waals surface area contributed by atoms with E-state index in [9.17, 15) is 13.6 Å². The van der Waals surface area contributed by atoms with Crippen molar-refractivity contribution in [1.29, 1.82) is 0 Å². The molecule has 0 bridgehead atoms. The van der Waals surface area contributed by atoms with E-state index < -0.39 is 17.5 Å². The third-order valence-corrected chi connectivity index (χ3v) is 3.47. The van der Waals surface area contributed by atoms with Crippen molar-refractivity contribution in [3.8, 4) is 5.75 Å². The standard InChI is InChI=1S/C15H10ClF2N3O2/c1-23-9-4-10(17)15(11(18)5-9)12-6-14(22)21(20-12)13-3-2-8(16)7-19-13/h2-5,7H,6H2,1H3. The lowest BCUT2D eigenvalue weighted by Crippen LogP contribution is -2.20. The number of ether oxygens (including phenoxy) is 1. The van der Waals surface area contributed by atoms with Gasteiger partial charge in [-0.25, -0.2) is 13.8 Å². The molecule has 0 radical (unpaired) electrons. The highest BCUT2D eigenvalue weighted by atomic mass is 35.5. The number of anilines is 1. The number of hydrogen-bond acceptors (Lipinski definition) is 4. The van der Waals surface area contributed by atoms with Crippen LogP contribution in [0.25, 0.3) is 0 Å². The van der Waals surface area contributed by atoms with Crippen LogP contribution in [0.3, 0.4) is 0 Å². The molecule has 0 unspecified atom stereocenters. The molecule has 1 amide bonds. The zero-order valence-corrected chi connectivity index (χ0v) is 12.6. The number of pyridine rings is 1. The van der Waals surface area contributed by atoms with Gasteiger partial charge in [0.15, 0.2) is 5.82 Å². The molecule has 2 aromatic rings. The van der Waals surface area contributed by atoms with Crippen molar-refractivity contribution in [1.82, 2.24) is 4.98 Å². The number of amides is 1. The van der Waals surface area contributed by atoms with Gasteiger partial charge >= 0.3 is 0 Å². The summed E-state index contributed by atoms with van der Waals surface area (Å²) in [5.74, 6) is -1.86. The Morgan fingerprint density at radius 2 is 1.96 bits per heavy atom. The molecule has 1 aliphatic heterocycles. The maximum atomic E-state index is 14.1. The fourth-order valence-electron chi connectivity index (χ4n) is 2.18. The molecular formula is C15H10ClF2N3O2. The second-order valence-electron chi connectivity index (χ2n) is 4.73. The minimum Gasteiger partial charge on any atom is -0.497 e. The largest absolute Gasteiger partial charge is 0.497 e. The summed E-state index contributed by atoms with van der Waals surface area (Å²) in [5.41, 5.74) is -0.361. The van der Waals surface area contributed by atoms with Crippen molar-refractivity contribution < 1.29 is 18.3 Å². The van der Waals surface area contributed by atoms with Crippen LogP contribution in [0, 0.1) is 11.6 Å². The van der Waals surface area contributed by atoms with E-state index in [4.69, 9.17) is 16.3 Å². The van der Waals surface area contributed by atoms with E-state index in [2.05, 4.69) is 10.1 Å². The SMILES string of the molecule is COc1cc(F)c(C2=NN(c3ccc(Cl)cn3)C(=O)C2)c(F)c1. The van der Waals surface area contributed by atoms with Crippen LogP contribution in [0.1, 0.15) is 12.0 Å². The van der Waals surface area contributed by atoms with E-state index in [0.717, 1.165) is 17.1 Å². The van der Waals surface area contributed by atoms with E-state index in [-0.39, 0.29) is 29.3 Å². The molecule has 0 N–H and O–H groups in total. The van der Waals surface area contributed by atoms with Crippen LogP contribution in [0.5, 0.6) is 5.75 Å². The van der Waals surface area contributed by atoms with E-state index in [0.29, 0.717) is 5.02 Å². The molecule has 23 heavy (non-hydrogen) atoms. The number of rotatable bonds is 3. The Bertz CT molecular complexity index is 786. The van der Waals surface area contributed by atoms with Gasteiger partial charge in [-0.15, -0.1) is 0 Å². The van der Waals surface area contributed by atoms with Gasteiger partial charge in [0, 0.05) is 18.3 Å². The number of aromatic nitrogens is 1. The van der Waals surface area contributed by atoms with Crippen LogP contribution >= 0.6 is 11.6 Å². The Kier molecular flexibility index (Phi) is 3.96. The number of hydrogen-bond donors (Lipinski definition) is 0. The van der Waals surface area contributed by atoms with Gasteiger partial charge in [-0.1, -0.05) is 11.6 Å². The number of nitrogens with zero attached hydrogens (tertiary/aromatic N) is 3. The average molecular weight is 338 g/mol. The van der Waals surface area contributed by atoms with Crippen molar-refractivity contribution in [3.05, 3.63) is 52.7 Å². The first-order valence-electron chi connectivity index (χ1n) is 6.55. The van der Waals surface area contributed by atoms with Gasteiger partial charge in [0.2, 0.25) is 0 Å². The molecule has 0 fully saturated rings. The Morgan fingerprint density at radius 1 is 1.26 bits per heavy atom. The van der Waals surface area contributed by atoms with Gasteiger partial charge < -0.3 is 4.74 Å². The first-order chi connectivity index (χ1) is 11.0. The topological polar surface area (TPSA) is 54.8 Å². The lowest BCUT2D eigenvalue weighted by atomic mass is 10.1. The van der Waals surface area contributed by atoms with Crippen molar-refractivity contribution >= 4 is 29.0 Å². The minimum atomic E-state index is -0.848. The summed E-state index contributed by atoms with van der Waals surface area (Å²) in [5, 5.41) is 5.39. The van der Waals surface area contributed by atoms with Gasteiger partial charge in [0.05, 0.1) is 29.8 Å². The van der Waals surface area contributed by atoms with Crippen LogP contribution in [0.15, 0.2) is 35.6 Å². The summed E-state index contributed by atoms with van der Waals surface area (Å²) < 4.78 is 33.0. The number of carbonyl (C=O) groups is 1. The average Bonchev–Trinajstić information content (AvgIpc) is 2.88. The third-order valence-electron chi connectivity index (χ3n) is 3.24. The van der Waals surface area contributed by atoms with Crippen LogP contribution in [-0.2, 0) is 4.79 Å². The van der Waals surface area contributed by atoms with Crippen LogP contribution in [0.2, 0.25) is 5.02 Å². The summed E-state index contributed by atoms with van der Waals surface area (Å²) in [7, 11) is 1.30. The van der Waals surface area contributed by atoms with Gasteiger partial charge in [-0.3, -0.25) is 4.79 Å². The van der Waals surface area contributed by atoms with Gasteiger partial charge in [-0.05, 0) is 12.1 Å². The molecule has 0 aliphatic carbocycles. The lowest BCUT2D eigenvalue weighted by molar-refractivity contribution is -0.116. The second kappa shape index (κ2) is 5.92. The van der Waals surface area contributed by atoms with Gasteiger partial charge in [0.25, 0.3) is 5.91 Å². The highest BCUT2D eigenvalue weighted by Gasteiger charge is 2.30. The smallest absolute Gasteiger partial charge is 0.254 e. The Balaban J connectivity index is 2.00. The van der Waals surface area contributed by atoms with Crippen LogP contribution in [-0.4, -0.2) is 23.7 Å². The molecule has 1 aromatic carbocycles. The van der Waals surface area contributed by atoms with E-state index in [1.807, 2.05) is 0 Å². The highest BCUT2D eigenvalue weighted by molar-refractivity contribution is 6.30. The van der Waals surface area contributed by atoms with Gasteiger partial charge in [0.1, 0.15) is 17.4 Å². The minimum absolute atomic E-state index is 0.00981. The number of hydrazone groups is 1. The molecule has 0 saturated carbocycles. The first kappa shape index (κ1) is 15.4.